The fourth-order valence-electron chi connectivity index (χ4n) is 4.69. The average Bonchev–Trinajstić information content (AvgIpc) is 3.07. The second-order valence-corrected chi connectivity index (χ2v) is 11.0. The average molecular weight is 479 g/mol. The SMILES string of the molecule is COc1cc(C)c(C)c(-c2cc3cnc(NC4CS(=O)(=O)CC4BC#N)nc3n(C)c2=O)c1C. The van der Waals surface area contributed by atoms with Crippen LogP contribution in [0.5, 0.6) is 5.75 Å². The molecule has 2 unspecified atom stereocenters. The predicted octanol–water partition coefficient (Wildman–Crippen LogP) is 1.84. The number of rotatable bonds is 5. The molecule has 11 heteroatoms. The highest BCUT2D eigenvalue weighted by molar-refractivity contribution is 7.91. The number of ether oxygens (including phenoxy) is 1. The van der Waals surface area contributed by atoms with E-state index < -0.39 is 15.9 Å². The molecule has 0 radical (unpaired) electrons. The van der Waals surface area contributed by atoms with Gasteiger partial charge in [0.2, 0.25) is 5.95 Å². The zero-order valence-corrected chi connectivity index (χ0v) is 20.7. The maximum absolute atomic E-state index is 13.4. The van der Waals surface area contributed by atoms with Gasteiger partial charge in [-0.05, 0) is 66.9 Å². The number of methoxy groups -OCH3 is 1. The van der Waals surface area contributed by atoms with E-state index in [9.17, 15) is 13.2 Å². The number of nitrogens with zero attached hydrogens (tertiary/aromatic N) is 4. The Morgan fingerprint density at radius 1 is 1.24 bits per heavy atom. The van der Waals surface area contributed by atoms with Gasteiger partial charge in [0.1, 0.15) is 11.4 Å². The normalized spacial score (nSPS) is 19.1. The quantitative estimate of drug-likeness (QED) is 0.550. The summed E-state index contributed by atoms with van der Waals surface area (Å²) >= 11 is 0. The summed E-state index contributed by atoms with van der Waals surface area (Å²) in [5.41, 5.74) is 4.49. The highest BCUT2D eigenvalue weighted by atomic mass is 32.2. The number of aryl methyl sites for hydroxylation is 2. The van der Waals surface area contributed by atoms with E-state index in [0.29, 0.717) is 16.6 Å². The Bertz CT molecular complexity index is 1510. The van der Waals surface area contributed by atoms with Crippen LogP contribution in [0.1, 0.15) is 16.7 Å². The van der Waals surface area contributed by atoms with Crippen molar-refractivity contribution in [3.8, 4) is 22.8 Å². The lowest BCUT2D eigenvalue weighted by molar-refractivity contribution is 0.411. The smallest absolute Gasteiger partial charge is 0.259 e. The molecule has 0 saturated carbocycles. The number of nitrogens with one attached hydrogen (secondary N) is 1. The molecule has 1 aliphatic rings. The Labute approximate surface area is 199 Å². The molecular weight excluding hydrogens is 453 g/mol. The maximum Gasteiger partial charge on any atom is 0.259 e. The van der Waals surface area contributed by atoms with Crippen LogP contribution in [0.3, 0.4) is 0 Å². The summed E-state index contributed by atoms with van der Waals surface area (Å²) in [6, 6.07) is 3.29. The van der Waals surface area contributed by atoms with Gasteiger partial charge in [0, 0.05) is 36.0 Å². The van der Waals surface area contributed by atoms with Gasteiger partial charge < -0.3 is 10.1 Å². The van der Waals surface area contributed by atoms with Gasteiger partial charge in [-0.15, -0.1) is 0 Å². The van der Waals surface area contributed by atoms with Crippen molar-refractivity contribution in [2.75, 3.05) is 23.9 Å². The van der Waals surface area contributed by atoms with Gasteiger partial charge in [-0.3, -0.25) is 9.36 Å². The van der Waals surface area contributed by atoms with Crippen molar-refractivity contribution in [3.05, 3.63) is 45.4 Å². The molecule has 2 atom stereocenters. The third-order valence-corrected chi connectivity index (χ3v) is 8.44. The molecule has 0 aliphatic carbocycles. The first-order valence-electron chi connectivity index (χ1n) is 10.9. The monoisotopic (exact) mass is 479 g/mol. The first-order chi connectivity index (χ1) is 16.1. The van der Waals surface area contributed by atoms with Crippen LogP contribution in [-0.4, -0.2) is 54.9 Å². The van der Waals surface area contributed by atoms with Crippen LogP contribution in [0, 0.1) is 32.0 Å². The second-order valence-electron chi connectivity index (χ2n) is 8.87. The molecule has 0 bridgehead atoms. The van der Waals surface area contributed by atoms with Gasteiger partial charge in [-0.1, -0.05) is 0 Å². The minimum Gasteiger partial charge on any atom is -0.496 e. The summed E-state index contributed by atoms with van der Waals surface area (Å²) in [5, 5.41) is 12.8. The first-order valence-corrected chi connectivity index (χ1v) is 12.7. The Kier molecular flexibility index (Phi) is 6.12. The Hall–Kier alpha value is -3.39. The Balaban J connectivity index is 1.79. The topological polar surface area (TPSA) is 127 Å². The molecule has 1 fully saturated rings. The van der Waals surface area contributed by atoms with Crippen LogP contribution < -0.4 is 15.6 Å². The van der Waals surface area contributed by atoms with Crippen molar-refractivity contribution in [1.82, 2.24) is 14.5 Å². The van der Waals surface area contributed by atoms with E-state index in [2.05, 4.69) is 21.3 Å². The second kappa shape index (κ2) is 8.76. The molecule has 1 aromatic carbocycles. The molecule has 4 rings (SSSR count). The fraction of sp³-hybridized carbons (Fsp3) is 0.391. The van der Waals surface area contributed by atoms with Crippen molar-refractivity contribution in [1.29, 1.82) is 5.26 Å². The van der Waals surface area contributed by atoms with Crippen LogP contribution in [0.2, 0.25) is 5.82 Å². The van der Waals surface area contributed by atoms with Gasteiger partial charge >= 0.3 is 0 Å². The first kappa shape index (κ1) is 23.8. The standard InChI is InChI=1S/C23H26BN5O4S/c1-12-6-19(33-5)14(3)20(13(12)2)16-7-15-8-26-23(28-21(15)29(4)22(16)30)27-18-10-34(31,32)9-17(18)24-11-25/h6-8,17-18,24H,9-10H2,1-5H3,(H,26,27,28). The van der Waals surface area contributed by atoms with E-state index in [4.69, 9.17) is 10.00 Å². The van der Waals surface area contributed by atoms with Crippen LogP contribution in [0.4, 0.5) is 5.95 Å². The molecule has 0 spiro atoms. The minimum atomic E-state index is -3.23. The number of hydrogen-bond acceptors (Lipinski definition) is 8. The number of sulfone groups is 1. The van der Waals surface area contributed by atoms with E-state index in [-0.39, 0.29) is 36.1 Å². The zero-order chi connectivity index (χ0) is 24.8. The van der Waals surface area contributed by atoms with Gasteiger partial charge in [-0.25, -0.2) is 18.7 Å². The largest absolute Gasteiger partial charge is 0.496 e. The summed E-state index contributed by atoms with van der Waals surface area (Å²) in [6.07, 6.45) is 1.62. The highest BCUT2D eigenvalue weighted by Crippen LogP contribution is 2.35. The molecule has 3 heterocycles. The number of aromatic nitrogens is 3. The zero-order valence-electron chi connectivity index (χ0n) is 19.8. The maximum atomic E-state index is 13.4. The molecule has 0 amide bonds. The van der Waals surface area contributed by atoms with Gasteiger partial charge in [0.05, 0.1) is 12.9 Å². The van der Waals surface area contributed by atoms with Gasteiger partial charge in [0.25, 0.3) is 12.8 Å². The summed E-state index contributed by atoms with van der Waals surface area (Å²) < 4.78 is 31.2. The van der Waals surface area contributed by atoms with Gasteiger partial charge in [-0.2, -0.15) is 4.98 Å². The van der Waals surface area contributed by atoms with Crippen molar-refractivity contribution >= 4 is 34.1 Å². The summed E-state index contributed by atoms with van der Waals surface area (Å²) in [6.45, 7) is 5.90. The van der Waals surface area contributed by atoms with Crippen molar-refractivity contribution < 1.29 is 13.2 Å². The van der Waals surface area contributed by atoms with Crippen LogP contribution in [-0.2, 0) is 16.9 Å². The minimum absolute atomic E-state index is 0.0354. The number of pyridine rings is 1. The van der Waals surface area contributed by atoms with Crippen LogP contribution in [0.25, 0.3) is 22.2 Å². The third-order valence-electron chi connectivity index (χ3n) is 6.63. The number of fused-ring (bicyclic) bond motifs is 1. The lowest BCUT2D eigenvalue weighted by atomic mass is 9.64. The Morgan fingerprint density at radius 2 is 1.97 bits per heavy atom. The molecule has 2 aromatic heterocycles. The predicted molar refractivity (Wildman–Crippen MR) is 134 cm³/mol. The van der Waals surface area contributed by atoms with Crippen molar-refractivity contribution in [3.63, 3.8) is 0 Å². The Morgan fingerprint density at radius 3 is 2.65 bits per heavy atom. The van der Waals surface area contributed by atoms with E-state index in [0.717, 1.165) is 28.0 Å². The van der Waals surface area contributed by atoms with Crippen molar-refractivity contribution in [2.24, 2.45) is 7.05 Å². The lowest BCUT2D eigenvalue weighted by Crippen LogP contribution is -2.28. The summed E-state index contributed by atoms with van der Waals surface area (Å²) in [7, 11) is 0.161. The van der Waals surface area contributed by atoms with Crippen LogP contribution in [0.15, 0.2) is 23.1 Å². The highest BCUT2D eigenvalue weighted by Gasteiger charge is 2.38. The van der Waals surface area contributed by atoms with Crippen molar-refractivity contribution in [2.45, 2.75) is 32.6 Å². The molecule has 1 saturated heterocycles. The molecule has 176 valence electrons. The van der Waals surface area contributed by atoms with Gasteiger partial charge in [0.15, 0.2) is 9.84 Å². The van der Waals surface area contributed by atoms with E-state index in [1.54, 1.807) is 26.4 Å². The number of anilines is 1. The molecule has 9 nitrogen and oxygen atoms in total. The number of hydrogen-bond donors (Lipinski definition) is 1. The fourth-order valence-corrected chi connectivity index (χ4v) is 6.73. The lowest BCUT2D eigenvalue weighted by Gasteiger charge is -2.18. The number of benzene rings is 1. The summed E-state index contributed by atoms with van der Waals surface area (Å²) in [5.74, 6) is 2.55. The molecular formula is C23H26BN5O4S. The summed E-state index contributed by atoms with van der Waals surface area (Å²) in [4.78, 5) is 22.3. The molecule has 34 heavy (non-hydrogen) atoms. The molecule has 3 aromatic rings. The molecule has 1 N–H and O–H groups in total. The van der Waals surface area contributed by atoms with Crippen LogP contribution >= 0.6 is 0 Å². The van der Waals surface area contributed by atoms with E-state index in [1.165, 1.54) is 4.57 Å². The third kappa shape index (κ3) is 4.14. The van der Waals surface area contributed by atoms with E-state index >= 15 is 0 Å². The number of nitriles is 1. The van der Waals surface area contributed by atoms with E-state index in [1.807, 2.05) is 26.8 Å². The molecule has 1 aliphatic heterocycles.